The molecule has 0 saturated heterocycles. The van der Waals surface area contributed by atoms with Crippen molar-refractivity contribution >= 4 is 43.7 Å². The van der Waals surface area contributed by atoms with Crippen LogP contribution in [0.5, 0.6) is 0 Å². The summed E-state index contributed by atoms with van der Waals surface area (Å²) in [5.74, 6) is 1.82. The summed E-state index contributed by atoms with van der Waals surface area (Å²) in [6.45, 7) is 0. The number of benzene rings is 9. The predicted octanol–water partition coefficient (Wildman–Crippen LogP) is 14.7. The Morgan fingerprint density at radius 2 is 1.02 bits per heavy atom. The van der Waals surface area contributed by atoms with Crippen LogP contribution in [0.2, 0.25) is 0 Å². The Balaban J connectivity index is 1.05. The van der Waals surface area contributed by atoms with E-state index in [9.17, 15) is 0 Å². The fourth-order valence-electron chi connectivity index (χ4n) is 9.98. The second-order valence-corrected chi connectivity index (χ2v) is 16.3. The first-order valence-corrected chi connectivity index (χ1v) is 21.4. The number of rotatable bonds is 6. The Labute approximate surface area is 363 Å². The fourth-order valence-corrected chi connectivity index (χ4v) is 9.98. The standard InChI is InChI=1S/C58H36N4O/c1-4-17-36(18-5-1)40-27-16-28-47-43-32-31-39(35-51(43)63-55(40)47)57-59-56(38-21-8-3-9-22-38)60-58(61-57)48-26-13-15-30-50(48)62-49-29-14-12-24-42(49)46-34-33-45-41-23-10-11-25-44(41)52(53(45)54(46)62)37-19-6-2-7-20-37/h1-35,52H. The molecule has 12 aromatic rings. The first-order chi connectivity index (χ1) is 31.3. The van der Waals surface area contributed by atoms with Crippen LogP contribution in [-0.4, -0.2) is 19.5 Å². The molecule has 13 rings (SSSR count). The number of nitrogens with zero attached hydrogens (tertiary/aromatic N) is 4. The van der Waals surface area contributed by atoms with E-state index in [1.807, 2.05) is 24.3 Å². The van der Waals surface area contributed by atoms with Crippen molar-refractivity contribution in [1.29, 1.82) is 0 Å². The van der Waals surface area contributed by atoms with Gasteiger partial charge in [-0.2, -0.15) is 0 Å². The van der Waals surface area contributed by atoms with Gasteiger partial charge in [-0.05, 0) is 63.7 Å². The topological polar surface area (TPSA) is 56.7 Å². The van der Waals surface area contributed by atoms with Crippen molar-refractivity contribution in [2.24, 2.45) is 0 Å². The smallest absolute Gasteiger partial charge is 0.166 e. The van der Waals surface area contributed by atoms with Crippen molar-refractivity contribution < 1.29 is 4.42 Å². The zero-order valence-corrected chi connectivity index (χ0v) is 34.0. The fraction of sp³-hybridized carbons (Fsp3) is 0.0172. The molecule has 294 valence electrons. The Morgan fingerprint density at radius 1 is 0.397 bits per heavy atom. The molecule has 0 radical (unpaired) electrons. The second-order valence-electron chi connectivity index (χ2n) is 16.3. The van der Waals surface area contributed by atoms with Gasteiger partial charge in [0.1, 0.15) is 11.2 Å². The van der Waals surface area contributed by atoms with Crippen LogP contribution in [0.3, 0.4) is 0 Å². The third-order valence-corrected chi connectivity index (χ3v) is 12.8. The third kappa shape index (κ3) is 5.53. The Bertz CT molecular complexity index is 3740. The van der Waals surface area contributed by atoms with E-state index in [4.69, 9.17) is 19.4 Å². The highest BCUT2D eigenvalue weighted by atomic mass is 16.3. The van der Waals surface area contributed by atoms with Crippen molar-refractivity contribution in [3.63, 3.8) is 0 Å². The molecule has 1 aliphatic rings. The van der Waals surface area contributed by atoms with Crippen LogP contribution in [0, 0.1) is 0 Å². The molecule has 0 fully saturated rings. The second kappa shape index (κ2) is 14.1. The van der Waals surface area contributed by atoms with Crippen molar-refractivity contribution in [1.82, 2.24) is 19.5 Å². The van der Waals surface area contributed by atoms with Crippen molar-refractivity contribution in [3.8, 4) is 62.1 Å². The van der Waals surface area contributed by atoms with Crippen LogP contribution >= 0.6 is 0 Å². The van der Waals surface area contributed by atoms with Gasteiger partial charge in [0.15, 0.2) is 17.5 Å². The molecule has 0 spiro atoms. The minimum absolute atomic E-state index is 0.0572. The van der Waals surface area contributed by atoms with Gasteiger partial charge in [-0.1, -0.05) is 182 Å². The van der Waals surface area contributed by atoms with Gasteiger partial charge in [0, 0.05) is 49.7 Å². The number of hydrogen-bond acceptors (Lipinski definition) is 4. The molecule has 5 heteroatoms. The first kappa shape index (κ1) is 35.4. The number of aromatic nitrogens is 4. The molecule has 0 saturated carbocycles. The molecule has 0 bridgehead atoms. The molecule has 9 aromatic carbocycles. The zero-order valence-electron chi connectivity index (χ0n) is 34.0. The molecule has 5 nitrogen and oxygen atoms in total. The molecule has 1 atom stereocenters. The highest BCUT2D eigenvalue weighted by Gasteiger charge is 2.34. The lowest BCUT2D eigenvalue weighted by Gasteiger charge is -2.19. The molecule has 3 aromatic heterocycles. The predicted molar refractivity (Wildman–Crippen MR) is 256 cm³/mol. The summed E-state index contributed by atoms with van der Waals surface area (Å²) in [5.41, 5.74) is 16.2. The summed E-state index contributed by atoms with van der Waals surface area (Å²) in [6, 6.07) is 75.0. The lowest BCUT2D eigenvalue weighted by molar-refractivity contribution is 0.670. The van der Waals surface area contributed by atoms with Gasteiger partial charge >= 0.3 is 0 Å². The zero-order chi connectivity index (χ0) is 41.4. The molecular weight excluding hydrogens is 769 g/mol. The van der Waals surface area contributed by atoms with Gasteiger partial charge < -0.3 is 8.98 Å². The minimum Gasteiger partial charge on any atom is -0.455 e. The van der Waals surface area contributed by atoms with Crippen LogP contribution in [0.15, 0.2) is 217 Å². The van der Waals surface area contributed by atoms with E-state index in [-0.39, 0.29) is 5.92 Å². The molecule has 0 N–H and O–H groups in total. The van der Waals surface area contributed by atoms with E-state index in [1.165, 1.54) is 44.1 Å². The van der Waals surface area contributed by atoms with Crippen LogP contribution < -0.4 is 0 Å². The van der Waals surface area contributed by atoms with Gasteiger partial charge in [-0.25, -0.2) is 15.0 Å². The highest BCUT2D eigenvalue weighted by molar-refractivity contribution is 6.14. The van der Waals surface area contributed by atoms with Gasteiger partial charge in [-0.3, -0.25) is 0 Å². The maximum atomic E-state index is 6.71. The number of fused-ring (bicyclic) bond motifs is 10. The van der Waals surface area contributed by atoms with E-state index in [1.54, 1.807) is 0 Å². The molecular formula is C58H36N4O. The summed E-state index contributed by atoms with van der Waals surface area (Å²) in [6.07, 6.45) is 0. The average molecular weight is 805 g/mol. The summed E-state index contributed by atoms with van der Waals surface area (Å²) in [7, 11) is 0. The van der Waals surface area contributed by atoms with Crippen LogP contribution in [-0.2, 0) is 0 Å². The van der Waals surface area contributed by atoms with Gasteiger partial charge in [-0.15, -0.1) is 0 Å². The molecule has 0 aliphatic heterocycles. The Kier molecular flexibility index (Phi) is 7.90. The summed E-state index contributed by atoms with van der Waals surface area (Å²) >= 11 is 0. The van der Waals surface area contributed by atoms with E-state index < -0.39 is 0 Å². The van der Waals surface area contributed by atoms with E-state index in [0.29, 0.717) is 17.5 Å². The van der Waals surface area contributed by atoms with Crippen LogP contribution in [0.4, 0.5) is 0 Å². The lowest BCUT2D eigenvalue weighted by Crippen LogP contribution is -2.06. The van der Waals surface area contributed by atoms with Crippen molar-refractivity contribution in [2.45, 2.75) is 5.92 Å². The molecule has 63 heavy (non-hydrogen) atoms. The van der Waals surface area contributed by atoms with Crippen molar-refractivity contribution in [2.75, 3.05) is 0 Å². The largest absolute Gasteiger partial charge is 0.455 e. The molecule has 1 unspecified atom stereocenters. The lowest BCUT2D eigenvalue weighted by atomic mass is 9.88. The van der Waals surface area contributed by atoms with Crippen LogP contribution in [0.1, 0.15) is 22.6 Å². The quantitative estimate of drug-likeness (QED) is 0.168. The SMILES string of the molecule is c1ccc(-c2nc(-c3ccc4c(c3)oc3c(-c5ccccc5)cccc34)nc(-c3ccccc3-n3c4ccccc4c4ccc5c(c43)C(c3ccccc3)c3ccccc3-5)n2)cc1. The van der Waals surface area contributed by atoms with Gasteiger partial charge in [0.2, 0.25) is 0 Å². The summed E-state index contributed by atoms with van der Waals surface area (Å²) in [5, 5.41) is 4.53. The maximum Gasteiger partial charge on any atom is 0.166 e. The number of hydrogen-bond donors (Lipinski definition) is 0. The third-order valence-electron chi connectivity index (χ3n) is 12.8. The Hall–Kier alpha value is -8.41. The highest BCUT2D eigenvalue weighted by Crippen LogP contribution is 2.53. The van der Waals surface area contributed by atoms with Crippen molar-refractivity contribution in [3.05, 3.63) is 229 Å². The normalized spacial score (nSPS) is 13.2. The molecule has 3 heterocycles. The first-order valence-electron chi connectivity index (χ1n) is 21.4. The maximum absolute atomic E-state index is 6.71. The minimum atomic E-state index is 0.0572. The summed E-state index contributed by atoms with van der Waals surface area (Å²) < 4.78 is 9.16. The van der Waals surface area contributed by atoms with Gasteiger partial charge in [0.05, 0.1) is 16.7 Å². The monoisotopic (exact) mass is 804 g/mol. The van der Waals surface area contributed by atoms with Gasteiger partial charge in [0.25, 0.3) is 0 Å². The molecule has 1 aliphatic carbocycles. The van der Waals surface area contributed by atoms with E-state index in [0.717, 1.165) is 61.0 Å². The number of furan rings is 1. The van der Waals surface area contributed by atoms with E-state index >= 15 is 0 Å². The Morgan fingerprint density at radius 3 is 1.84 bits per heavy atom. The molecule has 0 amide bonds. The number of para-hydroxylation sites is 3. The van der Waals surface area contributed by atoms with E-state index in [2.05, 4.69) is 193 Å². The summed E-state index contributed by atoms with van der Waals surface area (Å²) in [4.78, 5) is 15.8. The average Bonchev–Trinajstić information content (AvgIpc) is 4.02. The van der Waals surface area contributed by atoms with Crippen LogP contribution in [0.25, 0.3) is 106 Å².